The van der Waals surface area contributed by atoms with Gasteiger partial charge in [-0.2, -0.15) is 5.10 Å². The minimum Gasteiger partial charge on any atom is -0.334 e. The lowest BCUT2D eigenvalue weighted by Gasteiger charge is -2.38. The van der Waals surface area contributed by atoms with Gasteiger partial charge in [0.25, 0.3) is 5.91 Å². The monoisotopic (exact) mass is 315 g/mol. The number of carbonyl (C=O) groups excluding carboxylic acids is 1. The minimum atomic E-state index is 0.0269. The molecule has 3 heterocycles. The molecule has 0 spiro atoms. The quantitative estimate of drug-likeness (QED) is 0.942. The largest absolute Gasteiger partial charge is 0.334 e. The van der Waals surface area contributed by atoms with Gasteiger partial charge in [-0.3, -0.25) is 4.79 Å². The smallest absolute Gasteiger partial charge is 0.255 e. The summed E-state index contributed by atoms with van der Waals surface area (Å²) in [6.45, 7) is 7.63. The van der Waals surface area contributed by atoms with E-state index in [0.29, 0.717) is 18.0 Å². The lowest BCUT2D eigenvalue weighted by Crippen LogP contribution is -2.49. The Balaban J connectivity index is 1.89. The fourth-order valence-electron chi connectivity index (χ4n) is 3.34. The number of aromatic nitrogens is 3. The number of pyridine rings is 1. The average molecular weight is 315 g/mol. The number of fused-ring (bicyclic) bond motifs is 1. The maximum atomic E-state index is 12.9. The summed E-state index contributed by atoms with van der Waals surface area (Å²) in [6.07, 6.45) is 5.45. The summed E-state index contributed by atoms with van der Waals surface area (Å²) in [4.78, 5) is 19.2. The normalized spacial score (nSPS) is 22.0. The van der Waals surface area contributed by atoms with E-state index in [-0.39, 0.29) is 18.0 Å². The summed E-state index contributed by atoms with van der Waals surface area (Å²) < 4.78 is 1.87. The summed E-state index contributed by atoms with van der Waals surface area (Å²) in [6, 6.07) is 2.26. The molecule has 2 atom stereocenters. The van der Waals surface area contributed by atoms with E-state index >= 15 is 0 Å². The maximum Gasteiger partial charge on any atom is 0.255 e. The number of rotatable bonds is 3. The van der Waals surface area contributed by atoms with Crippen LogP contribution in [0.1, 0.15) is 50.0 Å². The molecule has 2 unspecified atom stereocenters. The summed E-state index contributed by atoms with van der Waals surface area (Å²) >= 11 is 0. The summed E-state index contributed by atoms with van der Waals surface area (Å²) in [5.74, 6) is 0.650. The summed E-state index contributed by atoms with van der Waals surface area (Å²) in [7, 11) is 0. The molecule has 6 nitrogen and oxygen atoms in total. The zero-order chi connectivity index (χ0) is 16.6. The lowest BCUT2D eigenvalue weighted by molar-refractivity contribution is 0.0573. The van der Waals surface area contributed by atoms with Crippen molar-refractivity contribution >= 4 is 16.9 Å². The Morgan fingerprint density at radius 2 is 2.22 bits per heavy atom. The minimum absolute atomic E-state index is 0.0269. The second-order valence-corrected chi connectivity index (χ2v) is 6.84. The Hall–Kier alpha value is -1.95. The van der Waals surface area contributed by atoms with Gasteiger partial charge < -0.3 is 10.6 Å². The van der Waals surface area contributed by atoms with E-state index in [0.717, 1.165) is 30.4 Å². The van der Waals surface area contributed by atoms with E-state index < -0.39 is 0 Å². The molecule has 1 aliphatic rings. The van der Waals surface area contributed by atoms with Gasteiger partial charge in [0.05, 0.1) is 11.8 Å². The van der Waals surface area contributed by atoms with Crippen LogP contribution in [0.4, 0.5) is 0 Å². The Morgan fingerprint density at radius 1 is 1.43 bits per heavy atom. The number of piperidine rings is 1. The maximum absolute atomic E-state index is 12.9. The third-order valence-corrected chi connectivity index (χ3v) is 4.68. The van der Waals surface area contributed by atoms with Gasteiger partial charge in [-0.05, 0) is 38.7 Å². The van der Waals surface area contributed by atoms with Crippen molar-refractivity contribution in [1.82, 2.24) is 19.7 Å². The first-order valence-corrected chi connectivity index (χ1v) is 8.35. The second kappa shape index (κ2) is 6.28. The predicted molar refractivity (Wildman–Crippen MR) is 90.2 cm³/mol. The van der Waals surface area contributed by atoms with E-state index in [1.165, 1.54) is 0 Å². The third-order valence-electron chi connectivity index (χ3n) is 4.68. The van der Waals surface area contributed by atoms with Crippen molar-refractivity contribution in [3.05, 3.63) is 24.0 Å². The molecule has 124 valence electrons. The highest BCUT2D eigenvalue weighted by atomic mass is 16.2. The lowest BCUT2D eigenvalue weighted by atomic mass is 9.92. The van der Waals surface area contributed by atoms with Crippen LogP contribution < -0.4 is 5.73 Å². The highest BCUT2D eigenvalue weighted by Gasteiger charge is 2.29. The first-order valence-electron chi connectivity index (χ1n) is 8.35. The molecule has 0 saturated carbocycles. The van der Waals surface area contributed by atoms with Gasteiger partial charge in [0.15, 0.2) is 5.65 Å². The molecule has 2 aromatic heterocycles. The standard InChI is InChI=1S/C17H25N5O/c1-11(2)22-16-13(10-20-22)7-14(9-19-16)17(23)21-5-4-12(3)6-15(21)8-18/h7,9-12,15H,4-6,8,18H2,1-3H3. The van der Waals surface area contributed by atoms with E-state index in [1.54, 1.807) is 12.4 Å². The highest BCUT2D eigenvalue weighted by molar-refractivity contribution is 5.97. The van der Waals surface area contributed by atoms with Gasteiger partial charge >= 0.3 is 0 Å². The second-order valence-electron chi connectivity index (χ2n) is 6.84. The number of amides is 1. The predicted octanol–water partition coefficient (Wildman–Crippen LogP) is 2.21. The van der Waals surface area contributed by atoms with Crippen LogP contribution in [0.15, 0.2) is 18.5 Å². The Kier molecular flexibility index (Phi) is 4.35. The fourth-order valence-corrected chi connectivity index (χ4v) is 3.34. The molecule has 3 rings (SSSR count). The van der Waals surface area contributed by atoms with Crippen molar-refractivity contribution in [2.75, 3.05) is 13.1 Å². The molecule has 1 fully saturated rings. The Morgan fingerprint density at radius 3 is 2.91 bits per heavy atom. The molecule has 1 saturated heterocycles. The Labute approximate surface area is 136 Å². The number of nitrogens with zero attached hydrogens (tertiary/aromatic N) is 4. The zero-order valence-corrected chi connectivity index (χ0v) is 14.1. The van der Waals surface area contributed by atoms with Crippen LogP contribution in [0.25, 0.3) is 11.0 Å². The van der Waals surface area contributed by atoms with Gasteiger partial charge in [0, 0.05) is 36.8 Å². The summed E-state index contributed by atoms with van der Waals surface area (Å²) in [5.41, 5.74) is 7.31. The molecule has 1 amide bonds. The number of hydrogen-bond donors (Lipinski definition) is 1. The molecular weight excluding hydrogens is 290 g/mol. The van der Waals surface area contributed by atoms with Gasteiger partial charge in [0.1, 0.15) is 0 Å². The van der Waals surface area contributed by atoms with Crippen molar-refractivity contribution in [1.29, 1.82) is 0 Å². The van der Waals surface area contributed by atoms with Gasteiger partial charge in [-0.1, -0.05) is 6.92 Å². The summed E-state index contributed by atoms with van der Waals surface area (Å²) in [5, 5.41) is 5.26. The van der Waals surface area contributed by atoms with Crippen LogP contribution in [-0.4, -0.2) is 44.7 Å². The topological polar surface area (TPSA) is 77.0 Å². The van der Waals surface area contributed by atoms with Crippen LogP contribution in [0.2, 0.25) is 0 Å². The molecule has 0 aromatic carbocycles. The van der Waals surface area contributed by atoms with Crippen molar-refractivity contribution in [3.8, 4) is 0 Å². The highest BCUT2D eigenvalue weighted by Crippen LogP contribution is 2.24. The number of carbonyl (C=O) groups is 1. The molecule has 0 bridgehead atoms. The molecule has 23 heavy (non-hydrogen) atoms. The third kappa shape index (κ3) is 2.95. The average Bonchev–Trinajstić information content (AvgIpc) is 2.97. The van der Waals surface area contributed by atoms with Crippen LogP contribution in [0.3, 0.4) is 0 Å². The van der Waals surface area contributed by atoms with Gasteiger partial charge in [-0.15, -0.1) is 0 Å². The molecule has 2 N–H and O–H groups in total. The van der Waals surface area contributed by atoms with Crippen LogP contribution >= 0.6 is 0 Å². The van der Waals surface area contributed by atoms with E-state index in [1.807, 2.05) is 15.6 Å². The number of nitrogens with two attached hydrogens (primary N) is 1. The van der Waals surface area contributed by atoms with E-state index in [2.05, 4.69) is 30.9 Å². The van der Waals surface area contributed by atoms with E-state index in [4.69, 9.17) is 5.73 Å². The van der Waals surface area contributed by atoms with E-state index in [9.17, 15) is 4.79 Å². The molecule has 2 aromatic rings. The van der Waals surface area contributed by atoms with Crippen LogP contribution in [-0.2, 0) is 0 Å². The number of hydrogen-bond acceptors (Lipinski definition) is 4. The fraction of sp³-hybridized carbons (Fsp3) is 0.588. The van der Waals surface area contributed by atoms with Gasteiger partial charge in [-0.25, -0.2) is 9.67 Å². The molecule has 6 heteroatoms. The first-order chi connectivity index (χ1) is 11.0. The molecular formula is C17H25N5O. The van der Waals surface area contributed by atoms with Crippen molar-refractivity contribution in [2.45, 2.75) is 45.7 Å². The van der Waals surface area contributed by atoms with Gasteiger partial charge in [0.2, 0.25) is 0 Å². The van der Waals surface area contributed by atoms with Crippen molar-refractivity contribution in [2.24, 2.45) is 11.7 Å². The van der Waals surface area contributed by atoms with Crippen molar-refractivity contribution in [3.63, 3.8) is 0 Å². The molecule has 0 aliphatic carbocycles. The zero-order valence-electron chi connectivity index (χ0n) is 14.1. The Bertz CT molecular complexity index is 708. The molecule has 0 radical (unpaired) electrons. The SMILES string of the molecule is CC1CCN(C(=O)c2cnc3c(cnn3C(C)C)c2)C(CN)C1. The first kappa shape index (κ1) is 15.9. The number of likely N-dealkylation sites (tertiary alicyclic amines) is 1. The molecule has 1 aliphatic heterocycles. The van der Waals surface area contributed by atoms with Crippen LogP contribution in [0, 0.1) is 5.92 Å². The van der Waals surface area contributed by atoms with Crippen molar-refractivity contribution < 1.29 is 4.79 Å². The van der Waals surface area contributed by atoms with Crippen LogP contribution in [0.5, 0.6) is 0 Å².